The SMILES string of the molecule is O=CNNc1ccc([N+](=O)[O-])cc1O. The van der Waals surface area contributed by atoms with E-state index in [-0.39, 0.29) is 17.1 Å². The van der Waals surface area contributed by atoms with Gasteiger partial charge in [-0.15, -0.1) is 0 Å². The minimum absolute atomic E-state index is 0.183. The van der Waals surface area contributed by atoms with E-state index in [0.29, 0.717) is 6.41 Å². The topological polar surface area (TPSA) is 104 Å². The van der Waals surface area contributed by atoms with Gasteiger partial charge < -0.3 is 5.11 Å². The summed E-state index contributed by atoms with van der Waals surface area (Å²) in [5, 5.41) is 19.5. The van der Waals surface area contributed by atoms with E-state index in [2.05, 4.69) is 10.9 Å². The minimum Gasteiger partial charge on any atom is -0.505 e. The maximum absolute atomic E-state index is 10.3. The summed E-state index contributed by atoms with van der Waals surface area (Å²) in [7, 11) is 0. The molecule has 1 amide bonds. The minimum atomic E-state index is -0.628. The predicted molar refractivity (Wildman–Crippen MR) is 47.6 cm³/mol. The first kappa shape index (κ1) is 9.78. The van der Waals surface area contributed by atoms with Crippen molar-refractivity contribution in [2.45, 2.75) is 0 Å². The summed E-state index contributed by atoms with van der Waals surface area (Å²) in [4.78, 5) is 19.6. The Balaban J connectivity index is 2.89. The Labute approximate surface area is 78.5 Å². The maximum Gasteiger partial charge on any atom is 0.273 e. The van der Waals surface area contributed by atoms with Crippen LogP contribution in [0.1, 0.15) is 0 Å². The molecule has 0 radical (unpaired) electrons. The van der Waals surface area contributed by atoms with Gasteiger partial charge in [-0.3, -0.25) is 25.8 Å². The molecule has 0 heterocycles. The molecule has 0 unspecified atom stereocenters. The summed E-state index contributed by atoms with van der Waals surface area (Å²) in [6.07, 6.45) is 0.376. The smallest absolute Gasteiger partial charge is 0.273 e. The molecule has 0 aliphatic carbocycles. The molecule has 3 N–H and O–H groups in total. The molecule has 1 aromatic carbocycles. The molecular formula is C7H7N3O4. The second-order valence-electron chi connectivity index (χ2n) is 2.35. The molecule has 0 spiro atoms. The zero-order valence-electron chi connectivity index (χ0n) is 6.93. The Morgan fingerprint density at radius 3 is 2.71 bits per heavy atom. The van der Waals surface area contributed by atoms with Gasteiger partial charge in [0.15, 0.2) is 0 Å². The van der Waals surface area contributed by atoms with Crippen molar-refractivity contribution in [1.29, 1.82) is 0 Å². The summed E-state index contributed by atoms with van der Waals surface area (Å²) in [6.45, 7) is 0. The number of hydrogen-bond donors (Lipinski definition) is 3. The van der Waals surface area contributed by atoms with Gasteiger partial charge in [-0.2, -0.15) is 0 Å². The molecule has 0 bridgehead atoms. The number of carbonyl (C=O) groups is 1. The number of aromatic hydroxyl groups is 1. The third-order valence-corrected chi connectivity index (χ3v) is 1.46. The Morgan fingerprint density at radius 1 is 1.50 bits per heavy atom. The monoisotopic (exact) mass is 197 g/mol. The standard InChI is InChI=1S/C7H7N3O4/c11-4-8-9-6-2-1-5(10(13)14)3-7(6)12/h1-4,9,12H,(H,8,11). The van der Waals surface area contributed by atoms with Gasteiger partial charge in [0.2, 0.25) is 6.41 Å². The molecule has 0 fully saturated rings. The van der Waals surface area contributed by atoms with Gasteiger partial charge in [-0.05, 0) is 6.07 Å². The lowest BCUT2D eigenvalue weighted by Gasteiger charge is -2.05. The summed E-state index contributed by atoms with van der Waals surface area (Å²) in [5.74, 6) is -0.312. The highest BCUT2D eigenvalue weighted by molar-refractivity contribution is 5.62. The number of nitro groups is 1. The zero-order chi connectivity index (χ0) is 10.6. The number of nitrogens with zero attached hydrogens (tertiary/aromatic N) is 1. The van der Waals surface area contributed by atoms with Gasteiger partial charge in [0.25, 0.3) is 5.69 Å². The van der Waals surface area contributed by atoms with Crippen LogP contribution >= 0.6 is 0 Å². The molecular weight excluding hydrogens is 190 g/mol. The van der Waals surface area contributed by atoms with Gasteiger partial charge in [0, 0.05) is 6.07 Å². The highest BCUT2D eigenvalue weighted by atomic mass is 16.6. The molecule has 7 heteroatoms. The van der Waals surface area contributed by atoms with E-state index in [1.54, 1.807) is 0 Å². The third-order valence-electron chi connectivity index (χ3n) is 1.46. The number of non-ortho nitro benzene ring substituents is 1. The van der Waals surface area contributed by atoms with E-state index in [9.17, 15) is 20.0 Å². The number of benzene rings is 1. The van der Waals surface area contributed by atoms with Gasteiger partial charge in [-0.1, -0.05) is 0 Å². The molecule has 74 valence electrons. The lowest BCUT2D eigenvalue weighted by atomic mass is 10.2. The van der Waals surface area contributed by atoms with Crippen molar-refractivity contribution in [3.63, 3.8) is 0 Å². The fraction of sp³-hybridized carbons (Fsp3) is 0. The normalized spacial score (nSPS) is 9.14. The Kier molecular flexibility index (Phi) is 2.85. The first-order valence-corrected chi connectivity index (χ1v) is 3.57. The van der Waals surface area contributed by atoms with Gasteiger partial charge in [0.1, 0.15) is 5.75 Å². The molecule has 0 aliphatic heterocycles. The number of amides is 1. The number of phenolic OH excluding ortho intramolecular Hbond substituents is 1. The van der Waals surface area contributed by atoms with Crippen LogP contribution in [-0.4, -0.2) is 16.4 Å². The van der Waals surface area contributed by atoms with E-state index in [0.717, 1.165) is 6.07 Å². The second-order valence-corrected chi connectivity index (χ2v) is 2.35. The average molecular weight is 197 g/mol. The van der Waals surface area contributed by atoms with Crippen LogP contribution in [0.5, 0.6) is 5.75 Å². The van der Waals surface area contributed by atoms with E-state index in [1.165, 1.54) is 12.1 Å². The lowest BCUT2D eigenvalue weighted by molar-refractivity contribution is -0.384. The molecule has 0 saturated carbocycles. The van der Waals surface area contributed by atoms with E-state index in [4.69, 9.17) is 0 Å². The molecule has 0 aliphatic rings. The van der Waals surface area contributed by atoms with Crippen molar-refractivity contribution in [2.75, 3.05) is 5.43 Å². The molecule has 0 atom stereocenters. The number of carbonyl (C=O) groups excluding carboxylic acids is 1. The van der Waals surface area contributed by atoms with Crippen LogP contribution in [0.3, 0.4) is 0 Å². The van der Waals surface area contributed by atoms with Crippen molar-refractivity contribution >= 4 is 17.8 Å². The first-order chi connectivity index (χ1) is 6.65. The fourth-order valence-corrected chi connectivity index (χ4v) is 0.847. The molecule has 0 saturated heterocycles. The fourth-order valence-electron chi connectivity index (χ4n) is 0.847. The number of rotatable bonds is 4. The highest BCUT2D eigenvalue weighted by Gasteiger charge is 2.09. The van der Waals surface area contributed by atoms with Crippen molar-refractivity contribution in [3.05, 3.63) is 28.3 Å². The van der Waals surface area contributed by atoms with Gasteiger partial charge in [-0.25, -0.2) is 0 Å². The number of nitrogens with one attached hydrogen (secondary N) is 2. The average Bonchev–Trinajstić information content (AvgIpc) is 2.15. The van der Waals surface area contributed by atoms with Gasteiger partial charge >= 0.3 is 0 Å². The van der Waals surface area contributed by atoms with Crippen molar-refractivity contribution in [2.24, 2.45) is 0 Å². The molecule has 7 nitrogen and oxygen atoms in total. The van der Waals surface area contributed by atoms with Gasteiger partial charge in [0.05, 0.1) is 16.7 Å². The quantitative estimate of drug-likeness (QED) is 0.280. The summed E-state index contributed by atoms with van der Waals surface area (Å²) < 4.78 is 0. The lowest BCUT2D eigenvalue weighted by Crippen LogP contribution is -2.18. The van der Waals surface area contributed by atoms with Crippen LogP contribution in [-0.2, 0) is 4.79 Å². The van der Waals surface area contributed by atoms with Crippen LogP contribution in [0.4, 0.5) is 11.4 Å². The van der Waals surface area contributed by atoms with Crippen molar-refractivity contribution in [1.82, 2.24) is 5.43 Å². The summed E-state index contributed by atoms with van der Waals surface area (Å²) in [5.41, 5.74) is 4.39. The Hall–Kier alpha value is -2.31. The van der Waals surface area contributed by atoms with E-state index in [1.807, 2.05) is 0 Å². The largest absolute Gasteiger partial charge is 0.505 e. The molecule has 14 heavy (non-hydrogen) atoms. The Bertz CT molecular complexity index is 366. The maximum atomic E-state index is 10.3. The molecule has 1 aromatic rings. The van der Waals surface area contributed by atoms with Crippen LogP contribution in [0.15, 0.2) is 18.2 Å². The number of phenols is 1. The summed E-state index contributed by atoms with van der Waals surface area (Å²) >= 11 is 0. The van der Waals surface area contributed by atoms with E-state index >= 15 is 0 Å². The van der Waals surface area contributed by atoms with Crippen LogP contribution in [0.25, 0.3) is 0 Å². The number of anilines is 1. The van der Waals surface area contributed by atoms with Crippen LogP contribution < -0.4 is 10.9 Å². The summed E-state index contributed by atoms with van der Waals surface area (Å²) in [6, 6.07) is 3.47. The van der Waals surface area contributed by atoms with Crippen molar-refractivity contribution < 1.29 is 14.8 Å². The second kappa shape index (κ2) is 4.08. The number of hydrogen-bond acceptors (Lipinski definition) is 5. The first-order valence-electron chi connectivity index (χ1n) is 3.57. The molecule has 0 aromatic heterocycles. The van der Waals surface area contributed by atoms with Crippen LogP contribution in [0.2, 0.25) is 0 Å². The highest BCUT2D eigenvalue weighted by Crippen LogP contribution is 2.26. The number of hydrazine groups is 1. The van der Waals surface area contributed by atoms with E-state index < -0.39 is 4.92 Å². The van der Waals surface area contributed by atoms with Crippen molar-refractivity contribution in [3.8, 4) is 5.75 Å². The Morgan fingerprint density at radius 2 is 2.21 bits per heavy atom. The molecule has 1 rings (SSSR count). The predicted octanol–water partition coefficient (Wildman–Crippen LogP) is 0.373. The number of nitro benzene ring substituents is 1. The zero-order valence-corrected chi connectivity index (χ0v) is 6.93. The third kappa shape index (κ3) is 2.09. The van der Waals surface area contributed by atoms with Crippen LogP contribution in [0, 0.1) is 10.1 Å².